The second-order valence-corrected chi connectivity index (χ2v) is 6.38. The van der Waals surface area contributed by atoms with E-state index in [0.717, 1.165) is 24.9 Å². The minimum Gasteiger partial charge on any atom is -0.472 e. The fraction of sp³-hybridized carbons (Fsp3) is 0.421. The number of furan rings is 1. The van der Waals surface area contributed by atoms with Gasteiger partial charge in [0.15, 0.2) is 0 Å². The molecule has 2 heterocycles. The average Bonchev–Trinajstić information content (AvgIpc) is 3.10. The molecule has 1 N–H and O–H groups in total. The summed E-state index contributed by atoms with van der Waals surface area (Å²) in [6.45, 7) is 4.85. The molecule has 1 saturated heterocycles. The van der Waals surface area contributed by atoms with Gasteiger partial charge in [-0.05, 0) is 37.1 Å². The van der Waals surface area contributed by atoms with Crippen LogP contribution in [-0.4, -0.2) is 29.4 Å². The standard InChI is InChI=1S/C19H23FN2O2/c1-3-5-17-18(14-6-4-7-16(20)10-14)22(13(2)11-21-17)19(23)15-8-9-24-12-15/h4,6-10,12-13,17-18,21H,3,5,11H2,1-2H3. The van der Waals surface area contributed by atoms with E-state index in [0.29, 0.717) is 5.56 Å². The van der Waals surface area contributed by atoms with Crippen molar-refractivity contribution in [3.8, 4) is 0 Å². The zero-order valence-corrected chi connectivity index (χ0v) is 14.0. The van der Waals surface area contributed by atoms with Gasteiger partial charge in [0.1, 0.15) is 12.1 Å². The predicted octanol–water partition coefficient (Wildman–Crippen LogP) is 3.76. The maximum atomic E-state index is 13.8. The average molecular weight is 330 g/mol. The lowest BCUT2D eigenvalue weighted by molar-refractivity contribution is 0.0396. The maximum absolute atomic E-state index is 13.8. The van der Waals surface area contributed by atoms with Crippen LogP contribution in [0, 0.1) is 5.82 Å². The molecule has 24 heavy (non-hydrogen) atoms. The monoisotopic (exact) mass is 330 g/mol. The van der Waals surface area contributed by atoms with Gasteiger partial charge >= 0.3 is 0 Å². The minimum absolute atomic E-state index is 0.00812. The van der Waals surface area contributed by atoms with Crippen LogP contribution in [-0.2, 0) is 0 Å². The molecule has 5 heteroatoms. The summed E-state index contributed by atoms with van der Waals surface area (Å²) in [4.78, 5) is 14.9. The van der Waals surface area contributed by atoms with Crippen LogP contribution in [0.15, 0.2) is 47.3 Å². The van der Waals surface area contributed by atoms with Crippen LogP contribution >= 0.6 is 0 Å². The lowest BCUT2D eigenvalue weighted by atomic mass is 9.90. The number of halogens is 1. The highest BCUT2D eigenvalue weighted by Gasteiger charge is 2.39. The molecule has 0 spiro atoms. The van der Waals surface area contributed by atoms with Crippen LogP contribution in [0.5, 0.6) is 0 Å². The Bertz CT molecular complexity index is 686. The van der Waals surface area contributed by atoms with E-state index in [1.807, 2.05) is 17.9 Å². The van der Waals surface area contributed by atoms with E-state index in [9.17, 15) is 9.18 Å². The molecule has 3 atom stereocenters. The number of benzene rings is 1. The largest absolute Gasteiger partial charge is 0.472 e. The normalized spacial score (nSPS) is 24.1. The lowest BCUT2D eigenvalue weighted by Crippen LogP contribution is -2.58. The number of hydrogen-bond donors (Lipinski definition) is 1. The quantitative estimate of drug-likeness (QED) is 0.928. The Hall–Kier alpha value is -2.14. The van der Waals surface area contributed by atoms with E-state index in [2.05, 4.69) is 12.2 Å². The predicted molar refractivity (Wildman–Crippen MR) is 90.2 cm³/mol. The third-order valence-electron chi connectivity index (χ3n) is 4.62. The van der Waals surface area contributed by atoms with E-state index in [1.54, 1.807) is 12.1 Å². The van der Waals surface area contributed by atoms with E-state index >= 15 is 0 Å². The third-order valence-corrected chi connectivity index (χ3v) is 4.62. The van der Waals surface area contributed by atoms with Crippen LogP contribution in [0.2, 0.25) is 0 Å². The highest BCUT2D eigenvalue weighted by atomic mass is 19.1. The van der Waals surface area contributed by atoms with E-state index in [-0.39, 0.29) is 29.8 Å². The van der Waals surface area contributed by atoms with Gasteiger partial charge in [-0.1, -0.05) is 25.5 Å². The Morgan fingerprint density at radius 3 is 2.92 bits per heavy atom. The van der Waals surface area contributed by atoms with Crippen LogP contribution in [0.1, 0.15) is 48.7 Å². The Kier molecular flexibility index (Phi) is 5.00. The number of carbonyl (C=O) groups excluding carboxylic acids is 1. The molecule has 1 aromatic carbocycles. The highest BCUT2D eigenvalue weighted by Crippen LogP contribution is 2.33. The van der Waals surface area contributed by atoms with Gasteiger partial charge in [-0.25, -0.2) is 4.39 Å². The first kappa shape index (κ1) is 16.7. The second-order valence-electron chi connectivity index (χ2n) is 6.38. The first-order chi connectivity index (χ1) is 11.6. The van der Waals surface area contributed by atoms with Crippen molar-refractivity contribution < 1.29 is 13.6 Å². The number of nitrogens with zero attached hydrogens (tertiary/aromatic N) is 1. The summed E-state index contributed by atoms with van der Waals surface area (Å²) >= 11 is 0. The Labute approximate surface area is 141 Å². The molecule has 128 valence electrons. The summed E-state index contributed by atoms with van der Waals surface area (Å²) in [5.41, 5.74) is 1.35. The number of nitrogens with one attached hydrogen (secondary N) is 1. The SMILES string of the molecule is CCCC1NCC(C)N(C(=O)c2ccoc2)C1c1cccc(F)c1. The molecule has 3 unspecified atom stereocenters. The number of rotatable bonds is 4. The van der Waals surface area contributed by atoms with Crippen LogP contribution in [0.4, 0.5) is 4.39 Å². The van der Waals surface area contributed by atoms with Gasteiger partial charge in [-0.15, -0.1) is 0 Å². The molecule has 3 rings (SSSR count). The van der Waals surface area contributed by atoms with Crippen molar-refractivity contribution in [2.45, 2.75) is 44.8 Å². The smallest absolute Gasteiger partial charge is 0.257 e. The molecule has 1 aliphatic rings. The molecule has 4 nitrogen and oxygen atoms in total. The molecule has 1 amide bonds. The van der Waals surface area contributed by atoms with Crippen LogP contribution < -0.4 is 5.32 Å². The molecule has 0 radical (unpaired) electrons. The van der Waals surface area contributed by atoms with Gasteiger partial charge in [0.25, 0.3) is 5.91 Å². The van der Waals surface area contributed by atoms with Crippen LogP contribution in [0.3, 0.4) is 0 Å². The van der Waals surface area contributed by atoms with Crippen molar-refractivity contribution in [3.63, 3.8) is 0 Å². The molecule has 1 fully saturated rings. The van der Waals surface area contributed by atoms with E-state index in [4.69, 9.17) is 4.42 Å². The Morgan fingerprint density at radius 1 is 1.42 bits per heavy atom. The fourth-order valence-electron chi connectivity index (χ4n) is 3.52. The summed E-state index contributed by atoms with van der Waals surface area (Å²) < 4.78 is 18.9. The Morgan fingerprint density at radius 2 is 2.25 bits per heavy atom. The van der Waals surface area contributed by atoms with Crippen molar-refractivity contribution in [1.82, 2.24) is 10.2 Å². The first-order valence-corrected chi connectivity index (χ1v) is 8.45. The molecule has 2 aromatic rings. The van der Waals surface area contributed by atoms with E-state index < -0.39 is 0 Å². The summed E-state index contributed by atoms with van der Waals surface area (Å²) in [5.74, 6) is -0.357. The first-order valence-electron chi connectivity index (χ1n) is 8.45. The molecular weight excluding hydrogens is 307 g/mol. The molecular formula is C19H23FN2O2. The van der Waals surface area contributed by atoms with Gasteiger partial charge in [0, 0.05) is 18.6 Å². The summed E-state index contributed by atoms with van der Waals surface area (Å²) in [6.07, 6.45) is 4.88. The zero-order valence-electron chi connectivity index (χ0n) is 14.0. The van der Waals surface area contributed by atoms with Crippen molar-refractivity contribution in [1.29, 1.82) is 0 Å². The number of hydrogen-bond acceptors (Lipinski definition) is 3. The van der Waals surface area contributed by atoms with Gasteiger partial charge in [-0.3, -0.25) is 4.79 Å². The highest BCUT2D eigenvalue weighted by molar-refractivity contribution is 5.94. The van der Waals surface area contributed by atoms with Gasteiger partial charge in [-0.2, -0.15) is 0 Å². The number of amides is 1. The third kappa shape index (κ3) is 3.22. The fourth-order valence-corrected chi connectivity index (χ4v) is 3.52. The molecule has 1 aliphatic heterocycles. The van der Waals surface area contributed by atoms with Crippen molar-refractivity contribution in [2.24, 2.45) is 0 Å². The number of piperazine rings is 1. The van der Waals surface area contributed by atoms with Crippen LogP contribution in [0.25, 0.3) is 0 Å². The van der Waals surface area contributed by atoms with Gasteiger partial charge in [0.05, 0.1) is 17.9 Å². The topological polar surface area (TPSA) is 45.5 Å². The van der Waals surface area contributed by atoms with Crippen molar-refractivity contribution in [2.75, 3.05) is 6.54 Å². The lowest BCUT2D eigenvalue weighted by Gasteiger charge is -2.46. The zero-order chi connectivity index (χ0) is 17.1. The van der Waals surface area contributed by atoms with Crippen molar-refractivity contribution >= 4 is 5.91 Å². The van der Waals surface area contributed by atoms with E-state index in [1.165, 1.54) is 24.7 Å². The number of carbonyl (C=O) groups is 1. The van der Waals surface area contributed by atoms with Gasteiger partial charge < -0.3 is 14.6 Å². The summed E-state index contributed by atoms with van der Waals surface area (Å²) in [6, 6.07) is 8.14. The Balaban J connectivity index is 2.02. The maximum Gasteiger partial charge on any atom is 0.257 e. The van der Waals surface area contributed by atoms with Gasteiger partial charge in [0.2, 0.25) is 0 Å². The minimum atomic E-state index is -0.281. The van der Waals surface area contributed by atoms with Crippen molar-refractivity contribution in [3.05, 3.63) is 59.8 Å². The molecule has 0 saturated carbocycles. The summed E-state index contributed by atoms with van der Waals surface area (Å²) in [5, 5.41) is 3.53. The summed E-state index contributed by atoms with van der Waals surface area (Å²) in [7, 11) is 0. The molecule has 0 bridgehead atoms. The second kappa shape index (κ2) is 7.18. The molecule has 1 aromatic heterocycles. The molecule has 0 aliphatic carbocycles.